The maximum absolute atomic E-state index is 11.8. The van der Waals surface area contributed by atoms with E-state index in [0.717, 1.165) is 18.9 Å². The van der Waals surface area contributed by atoms with Gasteiger partial charge in [0.05, 0.1) is 12.5 Å². The average Bonchev–Trinajstić information content (AvgIpc) is 2.15. The van der Waals surface area contributed by atoms with Crippen LogP contribution in [-0.4, -0.2) is 20.7 Å². The Morgan fingerprint density at radius 1 is 1.31 bits per heavy atom. The first-order chi connectivity index (χ1) is 7.38. The summed E-state index contributed by atoms with van der Waals surface area (Å²) in [7, 11) is -1.06. The first-order valence-electron chi connectivity index (χ1n) is 6.55. The van der Waals surface area contributed by atoms with Crippen LogP contribution in [0.1, 0.15) is 32.6 Å². The van der Waals surface area contributed by atoms with Gasteiger partial charge in [-0.1, -0.05) is 39.4 Å². The maximum atomic E-state index is 11.8. The van der Waals surface area contributed by atoms with E-state index in [1.165, 1.54) is 12.8 Å². The number of carbonyl (C=O) groups excluding carboxylic acids is 1. The minimum Gasteiger partial charge on any atom is -0.466 e. The molecule has 1 rings (SSSR count). The Bertz CT molecular complexity index is 233. The van der Waals surface area contributed by atoms with Crippen LogP contribution in [0.25, 0.3) is 0 Å². The standard InChI is InChI=1S/C13H26O2Si/c1-11-6-5-7-12(10-11)13(14)15-8-9-16(2,3)4/h11-12H,5-10H2,1-4H3. The van der Waals surface area contributed by atoms with E-state index in [9.17, 15) is 4.79 Å². The number of rotatable bonds is 4. The zero-order valence-electron chi connectivity index (χ0n) is 11.2. The molecule has 0 spiro atoms. The van der Waals surface area contributed by atoms with Crippen LogP contribution in [0.3, 0.4) is 0 Å². The summed E-state index contributed by atoms with van der Waals surface area (Å²) in [6.45, 7) is 9.80. The molecular formula is C13H26O2Si. The van der Waals surface area contributed by atoms with Crippen molar-refractivity contribution >= 4 is 14.0 Å². The molecule has 1 fully saturated rings. The van der Waals surface area contributed by atoms with Gasteiger partial charge in [-0.3, -0.25) is 4.79 Å². The molecule has 0 aromatic rings. The van der Waals surface area contributed by atoms with Gasteiger partial charge in [0.2, 0.25) is 0 Å². The summed E-state index contributed by atoms with van der Waals surface area (Å²) in [4.78, 5) is 11.8. The third kappa shape index (κ3) is 5.15. The molecule has 1 aliphatic rings. The van der Waals surface area contributed by atoms with Crippen LogP contribution in [0.15, 0.2) is 0 Å². The third-order valence-electron chi connectivity index (χ3n) is 3.37. The number of carbonyl (C=O) groups is 1. The molecular weight excluding hydrogens is 216 g/mol. The van der Waals surface area contributed by atoms with E-state index < -0.39 is 8.07 Å². The minimum absolute atomic E-state index is 0.0600. The van der Waals surface area contributed by atoms with Gasteiger partial charge in [-0.05, 0) is 24.8 Å². The Morgan fingerprint density at radius 3 is 2.56 bits per heavy atom. The van der Waals surface area contributed by atoms with E-state index >= 15 is 0 Å². The highest BCUT2D eigenvalue weighted by Gasteiger charge is 2.26. The summed E-state index contributed by atoms with van der Waals surface area (Å²) in [6.07, 6.45) is 4.54. The first kappa shape index (κ1) is 13.8. The van der Waals surface area contributed by atoms with Crippen LogP contribution in [0.5, 0.6) is 0 Å². The molecule has 0 heterocycles. The van der Waals surface area contributed by atoms with E-state index in [2.05, 4.69) is 26.6 Å². The van der Waals surface area contributed by atoms with Crippen molar-refractivity contribution in [3.8, 4) is 0 Å². The molecule has 0 saturated heterocycles. The monoisotopic (exact) mass is 242 g/mol. The van der Waals surface area contributed by atoms with E-state index in [4.69, 9.17) is 4.74 Å². The lowest BCUT2D eigenvalue weighted by Gasteiger charge is -2.25. The number of esters is 1. The second-order valence-electron chi connectivity index (χ2n) is 6.45. The highest BCUT2D eigenvalue weighted by atomic mass is 28.3. The number of hydrogen-bond donors (Lipinski definition) is 0. The summed E-state index contributed by atoms with van der Waals surface area (Å²) in [6, 6.07) is 1.08. The maximum Gasteiger partial charge on any atom is 0.308 e. The quantitative estimate of drug-likeness (QED) is 0.555. The Morgan fingerprint density at radius 2 is 2.00 bits per heavy atom. The van der Waals surface area contributed by atoms with Gasteiger partial charge in [-0.2, -0.15) is 0 Å². The van der Waals surface area contributed by atoms with Crippen molar-refractivity contribution in [2.45, 2.75) is 58.3 Å². The molecule has 0 aromatic heterocycles. The van der Waals surface area contributed by atoms with Gasteiger partial charge in [0.25, 0.3) is 0 Å². The SMILES string of the molecule is CC1CCCC(C(=O)OCC[Si](C)(C)C)C1. The van der Waals surface area contributed by atoms with Crippen molar-refractivity contribution < 1.29 is 9.53 Å². The molecule has 0 amide bonds. The highest BCUT2D eigenvalue weighted by molar-refractivity contribution is 6.76. The van der Waals surface area contributed by atoms with Crippen LogP contribution in [0.4, 0.5) is 0 Å². The largest absolute Gasteiger partial charge is 0.466 e. The molecule has 1 saturated carbocycles. The van der Waals surface area contributed by atoms with E-state index in [1.54, 1.807) is 0 Å². The fourth-order valence-corrected chi connectivity index (χ4v) is 2.94. The fraction of sp³-hybridized carbons (Fsp3) is 0.923. The second kappa shape index (κ2) is 5.85. The van der Waals surface area contributed by atoms with Gasteiger partial charge in [-0.25, -0.2) is 0 Å². The van der Waals surface area contributed by atoms with Crippen LogP contribution < -0.4 is 0 Å². The zero-order valence-corrected chi connectivity index (χ0v) is 12.2. The van der Waals surface area contributed by atoms with Crippen molar-refractivity contribution in [2.75, 3.05) is 6.61 Å². The molecule has 94 valence electrons. The average molecular weight is 242 g/mol. The second-order valence-corrected chi connectivity index (χ2v) is 12.1. The van der Waals surface area contributed by atoms with Crippen molar-refractivity contribution in [3.05, 3.63) is 0 Å². The Hall–Kier alpha value is -0.313. The van der Waals surface area contributed by atoms with Gasteiger partial charge in [0, 0.05) is 8.07 Å². The Balaban J connectivity index is 2.24. The van der Waals surface area contributed by atoms with Crippen molar-refractivity contribution in [1.29, 1.82) is 0 Å². The minimum atomic E-state index is -1.06. The third-order valence-corrected chi connectivity index (χ3v) is 5.07. The molecule has 0 bridgehead atoms. The molecule has 0 radical (unpaired) electrons. The summed E-state index contributed by atoms with van der Waals surface area (Å²) in [5, 5.41) is 0. The number of ether oxygens (including phenoxy) is 1. The van der Waals surface area contributed by atoms with Crippen LogP contribution in [0.2, 0.25) is 25.7 Å². The highest BCUT2D eigenvalue weighted by Crippen LogP contribution is 2.29. The molecule has 16 heavy (non-hydrogen) atoms. The zero-order chi connectivity index (χ0) is 12.2. The van der Waals surface area contributed by atoms with Gasteiger partial charge in [0.1, 0.15) is 0 Å². The lowest BCUT2D eigenvalue weighted by atomic mass is 9.82. The predicted octanol–water partition coefficient (Wildman–Crippen LogP) is 3.69. The molecule has 0 N–H and O–H groups in total. The molecule has 1 aliphatic carbocycles. The van der Waals surface area contributed by atoms with Gasteiger partial charge < -0.3 is 4.74 Å². The Kier molecular flexibility index (Phi) is 5.03. The molecule has 0 aliphatic heterocycles. The summed E-state index contributed by atoms with van der Waals surface area (Å²) in [5.41, 5.74) is 0. The number of hydrogen-bond acceptors (Lipinski definition) is 2. The van der Waals surface area contributed by atoms with Crippen molar-refractivity contribution in [3.63, 3.8) is 0 Å². The molecule has 2 atom stereocenters. The first-order valence-corrected chi connectivity index (χ1v) is 10.3. The van der Waals surface area contributed by atoms with Crippen molar-refractivity contribution in [1.82, 2.24) is 0 Å². The molecule has 0 aromatic carbocycles. The topological polar surface area (TPSA) is 26.3 Å². The lowest BCUT2D eigenvalue weighted by molar-refractivity contribution is -0.149. The van der Waals surface area contributed by atoms with Gasteiger partial charge >= 0.3 is 5.97 Å². The smallest absolute Gasteiger partial charge is 0.308 e. The molecule has 3 heteroatoms. The normalized spacial score (nSPS) is 26.5. The van der Waals surface area contributed by atoms with Gasteiger partial charge in [0.15, 0.2) is 0 Å². The molecule has 2 nitrogen and oxygen atoms in total. The summed E-state index contributed by atoms with van der Waals surface area (Å²) >= 11 is 0. The lowest BCUT2D eigenvalue weighted by Crippen LogP contribution is -2.27. The van der Waals surface area contributed by atoms with Gasteiger partial charge in [-0.15, -0.1) is 0 Å². The summed E-state index contributed by atoms with van der Waals surface area (Å²) < 4.78 is 5.40. The Labute approximate surface area is 101 Å². The van der Waals surface area contributed by atoms with Crippen LogP contribution >= 0.6 is 0 Å². The van der Waals surface area contributed by atoms with E-state index in [1.807, 2.05) is 0 Å². The van der Waals surface area contributed by atoms with E-state index in [0.29, 0.717) is 12.5 Å². The van der Waals surface area contributed by atoms with E-state index in [-0.39, 0.29) is 11.9 Å². The van der Waals surface area contributed by atoms with Crippen LogP contribution in [-0.2, 0) is 9.53 Å². The molecule has 2 unspecified atom stereocenters. The summed E-state index contributed by atoms with van der Waals surface area (Å²) in [5.74, 6) is 0.943. The predicted molar refractivity (Wildman–Crippen MR) is 70.2 cm³/mol. The van der Waals surface area contributed by atoms with Crippen molar-refractivity contribution in [2.24, 2.45) is 11.8 Å². The fourth-order valence-electron chi connectivity index (χ4n) is 2.22. The van der Waals surface area contributed by atoms with Crippen LogP contribution in [0, 0.1) is 11.8 Å².